The number of aromatic nitrogens is 2. The Balaban J connectivity index is 2.12. The summed E-state index contributed by atoms with van der Waals surface area (Å²) in [5.41, 5.74) is 2.16. The van der Waals surface area contributed by atoms with E-state index in [1.54, 1.807) is 6.07 Å². The van der Waals surface area contributed by atoms with E-state index in [4.69, 9.17) is 17.5 Å². The quantitative estimate of drug-likeness (QED) is 0.820. The number of aromatic amines is 1. The molecule has 3 rings (SSSR count). The van der Waals surface area contributed by atoms with Gasteiger partial charge in [-0.15, -0.1) is 0 Å². The molecule has 104 valence electrons. The van der Waals surface area contributed by atoms with Crippen molar-refractivity contribution < 1.29 is 8.42 Å². The average Bonchev–Trinajstić information content (AvgIpc) is 2.75. The molecule has 0 atom stereocenters. The van der Waals surface area contributed by atoms with Crippen LogP contribution < -0.4 is 0 Å². The number of hydrogen-bond acceptors (Lipinski definition) is 4. The maximum absolute atomic E-state index is 11.5. The van der Waals surface area contributed by atoms with Crippen LogP contribution in [0.2, 0.25) is 0 Å². The number of nitrogens with zero attached hydrogens (tertiary/aromatic N) is 2. The SMILES string of the molecule is N#Cc1cccc2c1[nH]c(=S)n2C1CCS(=O)(=O)CC1. The van der Waals surface area contributed by atoms with Gasteiger partial charge in [0.2, 0.25) is 0 Å². The van der Waals surface area contributed by atoms with Crippen molar-refractivity contribution in [2.45, 2.75) is 18.9 Å². The summed E-state index contributed by atoms with van der Waals surface area (Å²) >= 11 is 5.35. The molecule has 1 aliphatic heterocycles. The summed E-state index contributed by atoms with van der Waals surface area (Å²) in [6, 6.07) is 7.68. The first kappa shape index (κ1) is 13.3. The van der Waals surface area contributed by atoms with E-state index in [0.29, 0.717) is 23.2 Å². The number of hydrogen-bond donors (Lipinski definition) is 1. The fourth-order valence-corrected chi connectivity index (χ4v) is 4.56. The fourth-order valence-electron chi connectivity index (χ4n) is 2.74. The first-order valence-corrected chi connectivity index (χ1v) is 8.58. The van der Waals surface area contributed by atoms with Crippen molar-refractivity contribution in [3.05, 3.63) is 28.5 Å². The number of H-pyrrole nitrogens is 1. The molecule has 1 aromatic carbocycles. The van der Waals surface area contributed by atoms with Crippen LogP contribution in [-0.4, -0.2) is 29.5 Å². The molecule has 0 saturated carbocycles. The van der Waals surface area contributed by atoms with Gasteiger partial charge in [-0.25, -0.2) is 8.42 Å². The van der Waals surface area contributed by atoms with Crippen molar-refractivity contribution in [2.75, 3.05) is 11.5 Å². The van der Waals surface area contributed by atoms with Gasteiger partial charge in [-0.05, 0) is 37.2 Å². The molecule has 2 heterocycles. The molecule has 2 aromatic rings. The second kappa shape index (κ2) is 4.72. The molecule has 1 saturated heterocycles. The minimum Gasteiger partial charge on any atom is -0.329 e. The highest BCUT2D eigenvalue weighted by Gasteiger charge is 2.26. The molecule has 0 bridgehead atoms. The van der Waals surface area contributed by atoms with Crippen molar-refractivity contribution >= 4 is 33.1 Å². The Morgan fingerprint density at radius 1 is 1.35 bits per heavy atom. The summed E-state index contributed by atoms with van der Waals surface area (Å²) in [5, 5.41) is 9.12. The predicted octanol–water partition coefficient (Wildman–Crippen LogP) is 2.32. The van der Waals surface area contributed by atoms with Gasteiger partial charge < -0.3 is 9.55 Å². The highest BCUT2D eigenvalue weighted by atomic mass is 32.2. The standard InChI is InChI=1S/C13H13N3O2S2/c14-8-9-2-1-3-11-12(9)15-13(19)16(11)10-4-6-20(17,18)7-5-10/h1-3,10H,4-7H2,(H,15,19). The summed E-state index contributed by atoms with van der Waals surface area (Å²) in [5.74, 6) is 0.397. The molecule has 0 spiro atoms. The molecule has 1 fully saturated rings. The van der Waals surface area contributed by atoms with Crippen molar-refractivity contribution in [1.82, 2.24) is 9.55 Å². The van der Waals surface area contributed by atoms with Gasteiger partial charge in [0, 0.05) is 6.04 Å². The largest absolute Gasteiger partial charge is 0.329 e. The molecule has 20 heavy (non-hydrogen) atoms. The molecule has 0 unspecified atom stereocenters. The third kappa shape index (κ3) is 2.15. The second-order valence-electron chi connectivity index (χ2n) is 4.99. The van der Waals surface area contributed by atoms with Gasteiger partial charge >= 0.3 is 0 Å². The molecular weight excluding hydrogens is 294 g/mol. The maximum Gasteiger partial charge on any atom is 0.178 e. The van der Waals surface area contributed by atoms with Crippen LogP contribution in [0.3, 0.4) is 0 Å². The Labute approximate surface area is 121 Å². The van der Waals surface area contributed by atoms with E-state index >= 15 is 0 Å². The smallest absolute Gasteiger partial charge is 0.178 e. The summed E-state index contributed by atoms with van der Waals surface area (Å²) in [4.78, 5) is 3.07. The number of fused-ring (bicyclic) bond motifs is 1. The van der Waals surface area contributed by atoms with Gasteiger partial charge in [0.05, 0.1) is 28.1 Å². The predicted molar refractivity (Wildman–Crippen MR) is 78.8 cm³/mol. The van der Waals surface area contributed by atoms with Gasteiger partial charge in [0.1, 0.15) is 15.9 Å². The van der Waals surface area contributed by atoms with Gasteiger partial charge in [-0.3, -0.25) is 0 Å². The number of benzene rings is 1. The van der Waals surface area contributed by atoms with E-state index in [-0.39, 0.29) is 17.5 Å². The molecular formula is C13H13N3O2S2. The first-order chi connectivity index (χ1) is 9.52. The number of nitrogens with one attached hydrogen (secondary N) is 1. The Morgan fingerprint density at radius 2 is 2.05 bits per heavy atom. The van der Waals surface area contributed by atoms with E-state index in [1.807, 2.05) is 16.7 Å². The lowest BCUT2D eigenvalue weighted by atomic mass is 10.1. The number of nitriles is 1. The lowest BCUT2D eigenvalue weighted by Crippen LogP contribution is -2.25. The van der Waals surface area contributed by atoms with Gasteiger partial charge in [-0.1, -0.05) is 6.07 Å². The lowest BCUT2D eigenvalue weighted by molar-refractivity contribution is 0.455. The molecule has 0 aliphatic carbocycles. The monoisotopic (exact) mass is 307 g/mol. The van der Waals surface area contributed by atoms with E-state index in [0.717, 1.165) is 11.0 Å². The molecule has 0 radical (unpaired) electrons. The topological polar surface area (TPSA) is 78.7 Å². The number of sulfone groups is 1. The zero-order chi connectivity index (χ0) is 14.3. The zero-order valence-electron chi connectivity index (χ0n) is 10.7. The fraction of sp³-hybridized carbons (Fsp3) is 0.385. The molecule has 1 N–H and O–H groups in total. The summed E-state index contributed by atoms with van der Waals surface area (Å²) in [6.45, 7) is 0. The van der Waals surface area contributed by atoms with Crippen molar-refractivity contribution in [2.24, 2.45) is 0 Å². The van der Waals surface area contributed by atoms with Crippen LogP contribution in [0.15, 0.2) is 18.2 Å². The Morgan fingerprint density at radius 3 is 2.70 bits per heavy atom. The average molecular weight is 307 g/mol. The lowest BCUT2D eigenvalue weighted by Gasteiger charge is -2.23. The number of rotatable bonds is 1. The van der Waals surface area contributed by atoms with Crippen molar-refractivity contribution in [1.29, 1.82) is 5.26 Å². The van der Waals surface area contributed by atoms with E-state index in [9.17, 15) is 8.42 Å². The van der Waals surface area contributed by atoms with Crippen LogP contribution >= 0.6 is 12.2 Å². The summed E-state index contributed by atoms with van der Waals surface area (Å²) in [6.07, 6.45) is 1.14. The highest BCUT2D eigenvalue weighted by molar-refractivity contribution is 7.91. The molecule has 1 aliphatic rings. The van der Waals surface area contributed by atoms with Crippen LogP contribution in [0.1, 0.15) is 24.4 Å². The van der Waals surface area contributed by atoms with Crippen LogP contribution in [-0.2, 0) is 9.84 Å². The van der Waals surface area contributed by atoms with Crippen LogP contribution in [0.4, 0.5) is 0 Å². The molecule has 5 nitrogen and oxygen atoms in total. The minimum absolute atomic E-state index is 0.0775. The third-order valence-electron chi connectivity index (χ3n) is 3.76. The van der Waals surface area contributed by atoms with E-state index < -0.39 is 9.84 Å². The molecule has 1 aromatic heterocycles. The van der Waals surface area contributed by atoms with Crippen LogP contribution in [0.25, 0.3) is 11.0 Å². The normalized spacial score (nSPS) is 18.9. The third-order valence-corrected chi connectivity index (χ3v) is 5.78. The number of para-hydroxylation sites is 1. The number of imidazole rings is 1. The van der Waals surface area contributed by atoms with Gasteiger partial charge in [-0.2, -0.15) is 5.26 Å². The summed E-state index contributed by atoms with van der Waals surface area (Å²) in [7, 11) is -2.90. The molecule has 0 amide bonds. The Kier molecular flexibility index (Phi) is 3.15. The van der Waals surface area contributed by atoms with Crippen LogP contribution in [0.5, 0.6) is 0 Å². The highest BCUT2D eigenvalue weighted by Crippen LogP contribution is 2.29. The van der Waals surface area contributed by atoms with Gasteiger partial charge in [0.15, 0.2) is 4.77 Å². The zero-order valence-corrected chi connectivity index (χ0v) is 12.3. The maximum atomic E-state index is 11.5. The van der Waals surface area contributed by atoms with Gasteiger partial charge in [0.25, 0.3) is 0 Å². The second-order valence-corrected chi connectivity index (χ2v) is 7.68. The Bertz CT molecular complexity index is 857. The van der Waals surface area contributed by atoms with Crippen molar-refractivity contribution in [3.63, 3.8) is 0 Å². The Hall–Kier alpha value is -1.65. The van der Waals surface area contributed by atoms with Crippen LogP contribution in [0, 0.1) is 16.1 Å². The first-order valence-electron chi connectivity index (χ1n) is 6.35. The summed E-state index contributed by atoms with van der Waals surface area (Å²) < 4.78 is 25.6. The van der Waals surface area contributed by atoms with E-state index in [2.05, 4.69) is 11.1 Å². The van der Waals surface area contributed by atoms with Crippen molar-refractivity contribution in [3.8, 4) is 6.07 Å². The van der Waals surface area contributed by atoms with E-state index in [1.165, 1.54) is 0 Å². The molecule has 7 heteroatoms. The minimum atomic E-state index is -2.90.